The quantitative estimate of drug-likeness (QED) is 0.574. The topological polar surface area (TPSA) is 76.0 Å². The Morgan fingerprint density at radius 3 is 2.36 bits per heavy atom. The molecule has 4 rings (SSSR count). The summed E-state index contributed by atoms with van der Waals surface area (Å²) in [4.78, 5) is 9.71. The Morgan fingerprint density at radius 2 is 1.71 bits per heavy atom. The van der Waals surface area contributed by atoms with Crippen molar-refractivity contribution in [3.63, 3.8) is 0 Å². The number of H-pyrrole nitrogens is 1. The molecule has 28 heavy (non-hydrogen) atoms. The molecule has 1 aliphatic rings. The van der Waals surface area contributed by atoms with E-state index in [-0.39, 0.29) is 23.6 Å². The summed E-state index contributed by atoms with van der Waals surface area (Å²) in [5.41, 5.74) is 6.79. The molecule has 5 heteroatoms. The minimum atomic E-state index is 0.0765. The van der Waals surface area contributed by atoms with Crippen LogP contribution in [0, 0.1) is 19.3 Å². The molecule has 0 bridgehead atoms. The standard InChI is InChI=1S/C23H26N4O/c1-13-10-17-18(11-14(13)2)26-22(25-17)20-19(28)12-27(21(20)24)16-8-6-15(7-9-16)23(3,4)5/h6-11,24,28H,12H2,1-5H3,(H,25,26). The number of aliphatic hydroxyl groups excluding tert-OH is 1. The monoisotopic (exact) mass is 374 g/mol. The van der Waals surface area contributed by atoms with Gasteiger partial charge in [0.2, 0.25) is 0 Å². The fourth-order valence-electron chi connectivity index (χ4n) is 3.58. The Hall–Kier alpha value is -3.08. The van der Waals surface area contributed by atoms with Gasteiger partial charge in [-0.1, -0.05) is 32.9 Å². The molecule has 3 N–H and O–H groups in total. The summed E-state index contributed by atoms with van der Waals surface area (Å²) in [6.45, 7) is 10.9. The van der Waals surface area contributed by atoms with Crippen molar-refractivity contribution in [1.82, 2.24) is 9.97 Å². The second-order valence-corrected chi connectivity index (χ2v) is 8.59. The molecule has 2 aromatic carbocycles. The summed E-state index contributed by atoms with van der Waals surface area (Å²) in [6.07, 6.45) is 0. The van der Waals surface area contributed by atoms with Gasteiger partial charge < -0.3 is 15.0 Å². The highest BCUT2D eigenvalue weighted by Gasteiger charge is 2.31. The number of aromatic amines is 1. The molecule has 5 nitrogen and oxygen atoms in total. The average Bonchev–Trinajstić information content (AvgIpc) is 3.14. The molecule has 0 aliphatic carbocycles. The van der Waals surface area contributed by atoms with Crippen molar-refractivity contribution in [3.05, 3.63) is 64.7 Å². The number of aromatic nitrogens is 2. The van der Waals surface area contributed by atoms with Crippen LogP contribution in [0.4, 0.5) is 5.69 Å². The van der Waals surface area contributed by atoms with Gasteiger partial charge in [-0.05, 0) is 60.2 Å². The Balaban J connectivity index is 1.67. The molecule has 1 aliphatic heterocycles. The minimum Gasteiger partial charge on any atom is -0.509 e. The van der Waals surface area contributed by atoms with Crippen LogP contribution < -0.4 is 4.90 Å². The van der Waals surface area contributed by atoms with Crippen LogP contribution in [0.5, 0.6) is 0 Å². The molecule has 0 spiro atoms. The van der Waals surface area contributed by atoms with Gasteiger partial charge in [0, 0.05) is 5.69 Å². The van der Waals surface area contributed by atoms with Crippen molar-refractivity contribution in [2.45, 2.75) is 40.0 Å². The number of nitrogens with zero attached hydrogens (tertiary/aromatic N) is 2. The first-order chi connectivity index (χ1) is 13.1. The second kappa shape index (κ2) is 6.23. The Bertz CT molecular complexity index is 1070. The number of imidazole rings is 1. The van der Waals surface area contributed by atoms with E-state index >= 15 is 0 Å². The maximum absolute atomic E-state index is 10.6. The summed E-state index contributed by atoms with van der Waals surface area (Å²) in [6, 6.07) is 12.3. The average molecular weight is 374 g/mol. The highest BCUT2D eigenvalue weighted by atomic mass is 16.3. The van der Waals surface area contributed by atoms with Gasteiger partial charge in [-0.2, -0.15) is 0 Å². The van der Waals surface area contributed by atoms with Gasteiger partial charge in [0.05, 0.1) is 23.2 Å². The lowest BCUT2D eigenvalue weighted by Gasteiger charge is -2.22. The first-order valence-electron chi connectivity index (χ1n) is 9.51. The van der Waals surface area contributed by atoms with Crippen molar-refractivity contribution in [1.29, 1.82) is 5.41 Å². The molecule has 144 valence electrons. The molecule has 0 fully saturated rings. The predicted octanol–water partition coefficient (Wildman–Crippen LogP) is 5.24. The number of hydrogen-bond donors (Lipinski definition) is 3. The third-order valence-corrected chi connectivity index (χ3v) is 5.48. The number of fused-ring (bicyclic) bond motifs is 1. The lowest BCUT2D eigenvalue weighted by molar-refractivity contribution is 0.411. The Morgan fingerprint density at radius 1 is 1.07 bits per heavy atom. The fraction of sp³-hybridized carbons (Fsp3) is 0.304. The molecule has 0 radical (unpaired) electrons. The van der Waals surface area contributed by atoms with Crippen molar-refractivity contribution in [2.75, 3.05) is 11.4 Å². The maximum atomic E-state index is 10.6. The van der Waals surface area contributed by atoms with Gasteiger partial charge >= 0.3 is 0 Å². The van der Waals surface area contributed by atoms with Gasteiger partial charge in [-0.3, -0.25) is 5.41 Å². The molecular weight excluding hydrogens is 348 g/mol. The Kier molecular flexibility index (Phi) is 4.07. The van der Waals surface area contributed by atoms with E-state index in [9.17, 15) is 5.11 Å². The number of benzene rings is 2. The molecule has 0 unspecified atom stereocenters. The molecule has 2 heterocycles. The molecule has 0 saturated heterocycles. The van der Waals surface area contributed by atoms with E-state index in [1.165, 1.54) is 16.7 Å². The highest BCUT2D eigenvalue weighted by molar-refractivity contribution is 6.30. The van der Waals surface area contributed by atoms with E-state index in [0.29, 0.717) is 11.4 Å². The number of nitrogens with one attached hydrogen (secondary N) is 2. The van der Waals surface area contributed by atoms with Gasteiger partial charge in [0.25, 0.3) is 0 Å². The highest BCUT2D eigenvalue weighted by Crippen LogP contribution is 2.32. The summed E-state index contributed by atoms with van der Waals surface area (Å²) in [7, 11) is 0. The lowest BCUT2D eigenvalue weighted by Crippen LogP contribution is -2.26. The van der Waals surface area contributed by atoms with E-state index < -0.39 is 0 Å². The van der Waals surface area contributed by atoms with Crippen LogP contribution in [0.2, 0.25) is 0 Å². The first kappa shape index (κ1) is 18.3. The van der Waals surface area contributed by atoms with Crippen LogP contribution in [0.1, 0.15) is 43.3 Å². The lowest BCUT2D eigenvalue weighted by atomic mass is 9.87. The van der Waals surface area contributed by atoms with Crippen LogP contribution in [0.25, 0.3) is 16.6 Å². The van der Waals surface area contributed by atoms with Crippen molar-refractivity contribution in [2.24, 2.45) is 0 Å². The third-order valence-electron chi connectivity index (χ3n) is 5.48. The van der Waals surface area contributed by atoms with Crippen molar-refractivity contribution in [3.8, 4) is 0 Å². The smallest absolute Gasteiger partial charge is 0.145 e. The number of aliphatic hydroxyl groups is 1. The van der Waals surface area contributed by atoms with Gasteiger partial charge in [0.1, 0.15) is 17.4 Å². The van der Waals surface area contributed by atoms with E-state index in [0.717, 1.165) is 16.7 Å². The summed E-state index contributed by atoms with van der Waals surface area (Å²) in [5, 5.41) is 19.3. The van der Waals surface area contributed by atoms with Crippen molar-refractivity contribution >= 4 is 28.1 Å². The zero-order valence-corrected chi connectivity index (χ0v) is 17.0. The molecule has 0 saturated carbocycles. The largest absolute Gasteiger partial charge is 0.509 e. The Labute approximate surface area is 165 Å². The molecule has 0 atom stereocenters. The van der Waals surface area contributed by atoms with Crippen LogP contribution >= 0.6 is 0 Å². The number of hydrogen-bond acceptors (Lipinski definition) is 3. The second-order valence-electron chi connectivity index (χ2n) is 8.59. The molecule has 0 amide bonds. The zero-order valence-electron chi connectivity index (χ0n) is 17.0. The van der Waals surface area contributed by atoms with E-state index in [1.807, 2.05) is 18.2 Å². The molecule has 3 aromatic rings. The van der Waals surface area contributed by atoms with E-state index in [1.54, 1.807) is 4.90 Å². The summed E-state index contributed by atoms with van der Waals surface area (Å²) in [5.74, 6) is 0.960. The van der Waals surface area contributed by atoms with E-state index in [2.05, 4.69) is 62.8 Å². The van der Waals surface area contributed by atoms with Gasteiger partial charge in [-0.15, -0.1) is 0 Å². The molecule has 1 aromatic heterocycles. The fourth-order valence-corrected chi connectivity index (χ4v) is 3.58. The number of anilines is 1. The summed E-state index contributed by atoms with van der Waals surface area (Å²) >= 11 is 0. The van der Waals surface area contributed by atoms with Crippen LogP contribution in [0.3, 0.4) is 0 Å². The van der Waals surface area contributed by atoms with Gasteiger partial charge in [-0.25, -0.2) is 4.98 Å². The first-order valence-corrected chi connectivity index (χ1v) is 9.51. The number of amidine groups is 1. The van der Waals surface area contributed by atoms with Crippen LogP contribution in [0.15, 0.2) is 42.2 Å². The van der Waals surface area contributed by atoms with E-state index in [4.69, 9.17) is 5.41 Å². The normalized spacial score (nSPS) is 15.2. The third kappa shape index (κ3) is 2.97. The minimum absolute atomic E-state index is 0.0765. The summed E-state index contributed by atoms with van der Waals surface area (Å²) < 4.78 is 0. The number of aryl methyl sites for hydroxylation is 2. The molecular formula is C23H26N4O. The van der Waals surface area contributed by atoms with Gasteiger partial charge in [0.15, 0.2) is 0 Å². The maximum Gasteiger partial charge on any atom is 0.145 e. The zero-order chi connectivity index (χ0) is 20.2. The SMILES string of the molecule is Cc1cc2nc(C3=C(O)CN(c4ccc(C(C)(C)C)cc4)C3=N)[nH]c2cc1C. The van der Waals surface area contributed by atoms with Crippen LogP contribution in [-0.2, 0) is 5.41 Å². The number of rotatable bonds is 2. The van der Waals surface area contributed by atoms with Crippen LogP contribution in [-0.4, -0.2) is 27.5 Å². The predicted molar refractivity (Wildman–Crippen MR) is 115 cm³/mol. The van der Waals surface area contributed by atoms with Crippen molar-refractivity contribution < 1.29 is 5.11 Å².